The Bertz CT molecular complexity index is 553. The van der Waals surface area contributed by atoms with Gasteiger partial charge in [-0.25, -0.2) is 0 Å². The van der Waals surface area contributed by atoms with Crippen molar-refractivity contribution in [1.82, 2.24) is 4.90 Å². The van der Waals surface area contributed by atoms with E-state index >= 15 is 0 Å². The predicted octanol–water partition coefficient (Wildman–Crippen LogP) is 4.23. The summed E-state index contributed by atoms with van der Waals surface area (Å²) in [6, 6.07) is 7.20. The molecule has 1 aromatic rings. The van der Waals surface area contributed by atoms with E-state index in [1.54, 1.807) is 6.07 Å². The van der Waals surface area contributed by atoms with Crippen LogP contribution >= 0.6 is 0 Å². The van der Waals surface area contributed by atoms with Crippen molar-refractivity contribution in [2.45, 2.75) is 44.1 Å². The van der Waals surface area contributed by atoms with Gasteiger partial charge in [0.2, 0.25) is 0 Å². The number of rotatable bonds is 2. The Hall–Kier alpha value is -1.49. The quantitative estimate of drug-likeness (QED) is 0.810. The van der Waals surface area contributed by atoms with Crippen LogP contribution in [0.15, 0.2) is 30.3 Å². The fourth-order valence-electron chi connectivity index (χ4n) is 3.35. The van der Waals surface area contributed by atoms with Crippen LogP contribution in [0.3, 0.4) is 0 Å². The molecule has 2 aliphatic rings. The fourth-order valence-corrected chi connectivity index (χ4v) is 3.35. The molecule has 1 aromatic carbocycles. The van der Waals surface area contributed by atoms with Crippen LogP contribution in [0, 0.1) is 0 Å². The first-order chi connectivity index (χ1) is 9.92. The van der Waals surface area contributed by atoms with Crippen molar-refractivity contribution in [2.75, 3.05) is 7.05 Å². The molecule has 2 bridgehead atoms. The van der Waals surface area contributed by atoms with Crippen LogP contribution < -0.4 is 4.74 Å². The lowest BCUT2D eigenvalue weighted by atomic mass is 9.83. The van der Waals surface area contributed by atoms with Crippen molar-refractivity contribution >= 4 is 5.57 Å². The summed E-state index contributed by atoms with van der Waals surface area (Å²) >= 11 is 0. The Balaban J connectivity index is 1.85. The number of halogens is 3. The molecule has 0 radical (unpaired) electrons. The summed E-state index contributed by atoms with van der Waals surface area (Å²) in [5, 5.41) is 0. The first kappa shape index (κ1) is 14.4. The Labute approximate surface area is 122 Å². The van der Waals surface area contributed by atoms with Crippen molar-refractivity contribution in [3.8, 4) is 5.75 Å². The maximum atomic E-state index is 12.3. The second-order valence-electron chi connectivity index (χ2n) is 5.79. The molecule has 114 valence electrons. The smallest absolute Gasteiger partial charge is 0.406 e. The molecule has 2 heterocycles. The van der Waals surface area contributed by atoms with Crippen LogP contribution in [0.25, 0.3) is 5.57 Å². The van der Waals surface area contributed by atoms with E-state index in [0.717, 1.165) is 30.4 Å². The summed E-state index contributed by atoms with van der Waals surface area (Å²) in [6.07, 6.45) is 1.94. The van der Waals surface area contributed by atoms with Crippen molar-refractivity contribution in [3.05, 3.63) is 35.9 Å². The number of hydrogen-bond donors (Lipinski definition) is 0. The van der Waals surface area contributed by atoms with Crippen molar-refractivity contribution < 1.29 is 17.9 Å². The molecule has 0 N–H and O–H groups in total. The molecule has 2 unspecified atom stereocenters. The molecule has 0 spiro atoms. The summed E-state index contributed by atoms with van der Waals surface area (Å²) in [7, 11) is 2.13. The SMILES string of the molecule is CN1C2C=C(c3cccc(OC(F)(F)F)c3)CC1CCC2. The molecule has 2 aliphatic heterocycles. The van der Waals surface area contributed by atoms with E-state index in [1.165, 1.54) is 18.6 Å². The molecule has 0 aromatic heterocycles. The molecule has 5 heteroatoms. The van der Waals surface area contributed by atoms with E-state index in [1.807, 2.05) is 6.07 Å². The standard InChI is InChI=1S/C16H18F3NO/c1-20-13-5-3-6-14(20)9-12(8-13)11-4-2-7-15(10-11)21-16(17,18)19/h2,4,7-8,10,13-14H,3,5-6,9H2,1H3. The molecule has 1 fully saturated rings. The largest absolute Gasteiger partial charge is 0.573 e. The van der Waals surface area contributed by atoms with Crippen LogP contribution in [0.4, 0.5) is 13.2 Å². The van der Waals surface area contributed by atoms with Gasteiger partial charge in [0.15, 0.2) is 0 Å². The molecule has 0 saturated carbocycles. The third-order valence-electron chi connectivity index (χ3n) is 4.42. The summed E-state index contributed by atoms with van der Waals surface area (Å²) in [5.74, 6) is -0.148. The van der Waals surface area contributed by atoms with Gasteiger partial charge in [0.05, 0.1) is 0 Å². The van der Waals surface area contributed by atoms with E-state index in [4.69, 9.17) is 0 Å². The minimum absolute atomic E-state index is 0.148. The average Bonchev–Trinajstić information content (AvgIpc) is 2.36. The highest BCUT2D eigenvalue weighted by Crippen LogP contribution is 2.37. The van der Waals surface area contributed by atoms with Gasteiger partial charge in [-0.05, 0) is 49.6 Å². The second kappa shape index (κ2) is 5.37. The van der Waals surface area contributed by atoms with Crippen LogP contribution in [-0.4, -0.2) is 30.4 Å². The number of benzene rings is 1. The molecular formula is C16H18F3NO. The van der Waals surface area contributed by atoms with Gasteiger partial charge < -0.3 is 4.74 Å². The third kappa shape index (κ3) is 3.23. The fraction of sp³-hybridized carbons (Fsp3) is 0.500. The van der Waals surface area contributed by atoms with Crippen molar-refractivity contribution in [2.24, 2.45) is 0 Å². The van der Waals surface area contributed by atoms with Crippen molar-refractivity contribution in [1.29, 1.82) is 0 Å². The Morgan fingerprint density at radius 3 is 2.76 bits per heavy atom. The van der Waals surface area contributed by atoms with Gasteiger partial charge in [-0.15, -0.1) is 13.2 Å². The number of fused-ring (bicyclic) bond motifs is 2. The van der Waals surface area contributed by atoms with E-state index in [-0.39, 0.29) is 5.75 Å². The molecule has 0 amide bonds. The van der Waals surface area contributed by atoms with Gasteiger partial charge in [0.1, 0.15) is 5.75 Å². The zero-order valence-corrected chi connectivity index (χ0v) is 11.9. The van der Waals surface area contributed by atoms with E-state index in [0.29, 0.717) is 12.1 Å². The highest BCUT2D eigenvalue weighted by Gasteiger charge is 2.33. The van der Waals surface area contributed by atoms with Crippen LogP contribution in [0.2, 0.25) is 0 Å². The van der Waals surface area contributed by atoms with Crippen LogP contribution in [0.1, 0.15) is 31.2 Å². The highest BCUT2D eigenvalue weighted by molar-refractivity contribution is 5.68. The Kier molecular flexibility index (Phi) is 3.69. The van der Waals surface area contributed by atoms with E-state index in [2.05, 4.69) is 22.8 Å². The molecule has 2 atom stereocenters. The van der Waals surface area contributed by atoms with Crippen LogP contribution in [-0.2, 0) is 0 Å². The number of ether oxygens (including phenoxy) is 1. The number of likely N-dealkylation sites (N-methyl/N-ethyl adjacent to an activating group) is 1. The monoisotopic (exact) mass is 297 g/mol. The average molecular weight is 297 g/mol. The summed E-state index contributed by atoms with van der Waals surface area (Å²) < 4.78 is 40.9. The maximum absolute atomic E-state index is 12.3. The van der Waals surface area contributed by atoms with Gasteiger partial charge in [-0.2, -0.15) is 0 Å². The normalized spacial score (nSPS) is 26.4. The second-order valence-corrected chi connectivity index (χ2v) is 5.79. The molecular weight excluding hydrogens is 279 g/mol. The Morgan fingerprint density at radius 1 is 1.24 bits per heavy atom. The topological polar surface area (TPSA) is 12.5 Å². The number of hydrogen-bond acceptors (Lipinski definition) is 2. The van der Waals surface area contributed by atoms with Crippen molar-refractivity contribution in [3.63, 3.8) is 0 Å². The lowest BCUT2D eigenvalue weighted by Crippen LogP contribution is -2.45. The summed E-state index contributed by atoms with van der Waals surface area (Å²) in [6.45, 7) is 0. The van der Waals surface area contributed by atoms with Gasteiger partial charge in [0.25, 0.3) is 0 Å². The first-order valence-electron chi connectivity index (χ1n) is 7.21. The van der Waals surface area contributed by atoms with E-state index < -0.39 is 6.36 Å². The predicted molar refractivity (Wildman–Crippen MR) is 74.9 cm³/mol. The number of piperidine rings is 1. The van der Waals surface area contributed by atoms with Gasteiger partial charge in [0, 0.05) is 12.1 Å². The summed E-state index contributed by atoms with van der Waals surface area (Å²) in [5.41, 5.74) is 1.97. The zero-order chi connectivity index (χ0) is 15.0. The molecule has 3 rings (SSSR count). The van der Waals surface area contributed by atoms with E-state index in [9.17, 15) is 13.2 Å². The van der Waals surface area contributed by atoms with Gasteiger partial charge >= 0.3 is 6.36 Å². The molecule has 0 aliphatic carbocycles. The van der Waals surface area contributed by atoms with Crippen LogP contribution in [0.5, 0.6) is 5.75 Å². The minimum atomic E-state index is -4.64. The molecule has 2 nitrogen and oxygen atoms in total. The Morgan fingerprint density at radius 2 is 2.05 bits per heavy atom. The zero-order valence-electron chi connectivity index (χ0n) is 11.9. The number of alkyl halides is 3. The lowest BCUT2D eigenvalue weighted by Gasteiger charge is -2.42. The number of nitrogens with zero attached hydrogens (tertiary/aromatic N) is 1. The lowest BCUT2D eigenvalue weighted by molar-refractivity contribution is -0.274. The maximum Gasteiger partial charge on any atom is 0.573 e. The third-order valence-corrected chi connectivity index (χ3v) is 4.42. The molecule has 1 saturated heterocycles. The minimum Gasteiger partial charge on any atom is -0.406 e. The van der Waals surface area contributed by atoms with Gasteiger partial charge in [-0.1, -0.05) is 24.6 Å². The molecule has 21 heavy (non-hydrogen) atoms. The highest BCUT2D eigenvalue weighted by atomic mass is 19.4. The first-order valence-corrected chi connectivity index (χ1v) is 7.21. The van der Waals surface area contributed by atoms with Gasteiger partial charge in [-0.3, -0.25) is 4.90 Å². The summed E-state index contributed by atoms with van der Waals surface area (Å²) in [4.78, 5) is 2.38.